The van der Waals surface area contributed by atoms with E-state index < -0.39 is 28.7 Å². The third kappa shape index (κ3) is 5.60. The molecule has 1 aromatic carbocycles. The van der Waals surface area contributed by atoms with Crippen LogP contribution in [0.15, 0.2) is 27.6 Å². The van der Waals surface area contributed by atoms with Crippen molar-refractivity contribution in [2.24, 2.45) is 0 Å². The fraction of sp³-hybridized carbons (Fsp3) is 0.500. The number of rotatable bonds is 6. The zero-order chi connectivity index (χ0) is 23.5. The summed E-state index contributed by atoms with van der Waals surface area (Å²) in [7, 11) is -3.90. The summed E-state index contributed by atoms with van der Waals surface area (Å²) in [5.41, 5.74) is 0.189. The lowest BCUT2D eigenvalue weighted by Crippen LogP contribution is -2.32. The Labute approximate surface area is 183 Å². The van der Waals surface area contributed by atoms with Gasteiger partial charge in [0.15, 0.2) is 6.61 Å². The van der Waals surface area contributed by atoms with Gasteiger partial charge in [-0.2, -0.15) is 17.5 Å². The Hall–Kier alpha value is -2.60. The zero-order valence-corrected chi connectivity index (χ0v) is 18.5. The maximum absolute atomic E-state index is 13.1. The third-order valence-corrected chi connectivity index (χ3v) is 6.95. The Morgan fingerprint density at radius 2 is 1.84 bits per heavy atom. The summed E-state index contributed by atoms with van der Waals surface area (Å²) in [5.74, 6) is -0.800. The van der Waals surface area contributed by atoms with Crippen molar-refractivity contribution in [3.63, 3.8) is 0 Å². The number of anilines is 1. The van der Waals surface area contributed by atoms with Crippen molar-refractivity contribution in [3.05, 3.63) is 35.2 Å². The summed E-state index contributed by atoms with van der Waals surface area (Å²) in [6.45, 7) is 2.16. The summed E-state index contributed by atoms with van der Waals surface area (Å²) < 4.78 is 75.4. The average molecular weight is 475 g/mol. The number of nitrogens with one attached hydrogen (secondary N) is 1. The number of benzene rings is 1. The molecule has 3 rings (SSSR count). The van der Waals surface area contributed by atoms with E-state index in [-0.39, 0.29) is 33.4 Å². The van der Waals surface area contributed by atoms with Crippen molar-refractivity contribution in [3.8, 4) is 5.75 Å². The largest absolute Gasteiger partial charge is 0.482 e. The molecule has 1 aromatic heterocycles. The first-order valence-electron chi connectivity index (χ1n) is 10.1. The zero-order valence-electron chi connectivity index (χ0n) is 17.7. The molecule has 1 amide bonds. The van der Waals surface area contributed by atoms with Crippen molar-refractivity contribution in [2.45, 2.75) is 50.6 Å². The molecule has 1 fully saturated rings. The number of halogens is 3. The number of alkyl halides is 3. The molecule has 1 saturated heterocycles. The van der Waals surface area contributed by atoms with Gasteiger partial charge < -0.3 is 14.6 Å². The van der Waals surface area contributed by atoms with Gasteiger partial charge in [-0.15, -0.1) is 0 Å². The van der Waals surface area contributed by atoms with Crippen LogP contribution in [0.2, 0.25) is 0 Å². The minimum Gasteiger partial charge on any atom is -0.482 e. The number of aromatic nitrogens is 1. The second kappa shape index (κ2) is 9.49. The molecule has 32 heavy (non-hydrogen) atoms. The molecule has 0 radical (unpaired) electrons. The molecule has 0 aliphatic carbocycles. The highest BCUT2D eigenvalue weighted by atomic mass is 32.2. The number of nitrogens with zero attached hydrogens (tertiary/aromatic N) is 2. The van der Waals surface area contributed by atoms with Gasteiger partial charge in [-0.05, 0) is 44.9 Å². The van der Waals surface area contributed by atoms with Crippen molar-refractivity contribution < 1.29 is 35.6 Å². The van der Waals surface area contributed by atoms with Crippen LogP contribution in [0.3, 0.4) is 0 Å². The number of hydrogen-bond donors (Lipinski definition) is 1. The fourth-order valence-electron chi connectivity index (χ4n) is 3.48. The molecule has 0 bridgehead atoms. The summed E-state index contributed by atoms with van der Waals surface area (Å²) in [4.78, 5) is 12.6. The van der Waals surface area contributed by atoms with Crippen molar-refractivity contribution >= 4 is 21.6 Å². The first-order valence-corrected chi connectivity index (χ1v) is 11.5. The molecule has 0 atom stereocenters. The lowest BCUT2D eigenvalue weighted by Gasteiger charge is -2.21. The maximum atomic E-state index is 13.1. The van der Waals surface area contributed by atoms with Gasteiger partial charge in [-0.3, -0.25) is 4.79 Å². The van der Waals surface area contributed by atoms with Crippen LogP contribution in [0.25, 0.3) is 0 Å². The van der Waals surface area contributed by atoms with Gasteiger partial charge in [-0.1, -0.05) is 18.0 Å². The Morgan fingerprint density at radius 3 is 2.41 bits per heavy atom. The van der Waals surface area contributed by atoms with Gasteiger partial charge in [0.05, 0.1) is 16.3 Å². The van der Waals surface area contributed by atoms with Gasteiger partial charge in [0.2, 0.25) is 10.0 Å². The summed E-state index contributed by atoms with van der Waals surface area (Å²) in [6.07, 6.45) is -1.31. The minimum absolute atomic E-state index is 0.104. The molecule has 176 valence electrons. The van der Waals surface area contributed by atoms with Crippen LogP contribution in [0, 0.1) is 13.8 Å². The molecule has 8 nitrogen and oxygen atoms in total. The Morgan fingerprint density at radius 1 is 1.19 bits per heavy atom. The van der Waals surface area contributed by atoms with Gasteiger partial charge in [-0.25, -0.2) is 8.42 Å². The molecule has 12 heteroatoms. The fourth-order valence-corrected chi connectivity index (χ4v) is 5.02. The highest BCUT2D eigenvalue weighted by molar-refractivity contribution is 7.89. The predicted octanol–water partition coefficient (Wildman–Crippen LogP) is 4.05. The molecule has 2 heterocycles. The molecule has 0 saturated carbocycles. The predicted molar refractivity (Wildman–Crippen MR) is 109 cm³/mol. The van der Waals surface area contributed by atoms with Gasteiger partial charge >= 0.3 is 6.18 Å². The number of hydrogen-bond acceptors (Lipinski definition) is 6. The van der Waals surface area contributed by atoms with E-state index >= 15 is 0 Å². The highest BCUT2D eigenvalue weighted by Gasteiger charge is 2.30. The van der Waals surface area contributed by atoms with E-state index in [1.54, 1.807) is 0 Å². The van der Waals surface area contributed by atoms with Gasteiger partial charge in [0.25, 0.3) is 5.91 Å². The van der Waals surface area contributed by atoms with Crippen LogP contribution in [0.1, 0.15) is 47.5 Å². The summed E-state index contributed by atoms with van der Waals surface area (Å²) >= 11 is 0. The number of ether oxygens (including phenoxy) is 1. The number of carbonyl (C=O) groups is 1. The smallest absolute Gasteiger partial charge is 0.422 e. The minimum atomic E-state index is -4.61. The van der Waals surface area contributed by atoms with Crippen LogP contribution < -0.4 is 10.1 Å². The first-order chi connectivity index (χ1) is 15.0. The van der Waals surface area contributed by atoms with Crippen LogP contribution in [-0.4, -0.2) is 49.7 Å². The Kier molecular flexibility index (Phi) is 7.13. The van der Waals surface area contributed by atoms with Crippen LogP contribution in [0.4, 0.5) is 18.9 Å². The van der Waals surface area contributed by atoms with E-state index in [9.17, 15) is 26.4 Å². The van der Waals surface area contributed by atoms with E-state index in [1.807, 2.05) is 0 Å². The molecule has 1 aliphatic rings. The first kappa shape index (κ1) is 24.1. The lowest BCUT2D eigenvalue weighted by atomic mass is 10.2. The number of sulfonamides is 1. The van der Waals surface area contributed by atoms with E-state index in [0.29, 0.717) is 13.1 Å². The normalized spacial score (nSPS) is 15.9. The van der Waals surface area contributed by atoms with Crippen molar-refractivity contribution in [2.75, 3.05) is 25.0 Å². The van der Waals surface area contributed by atoms with Crippen molar-refractivity contribution in [1.82, 2.24) is 9.46 Å². The van der Waals surface area contributed by atoms with E-state index in [2.05, 4.69) is 10.5 Å². The van der Waals surface area contributed by atoms with Gasteiger partial charge in [0.1, 0.15) is 17.1 Å². The number of carbonyl (C=O) groups excluding carboxylic acids is 1. The molecular formula is C20H24F3N3O5S. The summed E-state index contributed by atoms with van der Waals surface area (Å²) in [5, 5.41) is 6.12. The van der Waals surface area contributed by atoms with E-state index in [1.165, 1.54) is 24.2 Å². The van der Waals surface area contributed by atoms with E-state index in [0.717, 1.165) is 37.8 Å². The molecule has 1 aliphatic heterocycles. The standard InChI is InChI=1S/C20H24F3N3O5S/c1-13-18(14(2)31-25-13)19(27)24-16-11-15(7-8-17(16)30-12-20(21,22)23)32(28,29)26-9-5-3-4-6-10-26/h7-8,11H,3-6,9-10,12H2,1-2H3,(H,24,27). The number of aryl methyl sites for hydroxylation is 2. The van der Waals surface area contributed by atoms with E-state index in [4.69, 9.17) is 9.26 Å². The molecular weight excluding hydrogens is 451 g/mol. The topological polar surface area (TPSA) is 102 Å². The third-order valence-electron chi connectivity index (χ3n) is 5.05. The SMILES string of the molecule is Cc1noc(C)c1C(=O)Nc1cc(S(=O)(=O)N2CCCCCC2)ccc1OCC(F)(F)F. The quantitative estimate of drug-likeness (QED) is 0.676. The van der Waals surface area contributed by atoms with Crippen LogP contribution in [0.5, 0.6) is 5.75 Å². The average Bonchev–Trinajstić information content (AvgIpc) is 2.91. The lowest BCUT2D eigenvalue weighted by molar-refractivity contribution is -0.153. The monoisotopic (exact) mass is 475 g/mol. The van der Waals surface area contributed by atoms with Crippen molar-refractivity contribution in [1.29, 1.82) is 0 Å². The molecule has 2 aromatic rings. The second-order valence-electron chi connectivity index (χ2n) is 7.53. The Balaban J connectivity index is 1.96. The highest BCUT2D eigenvalue weighted by Crippen LogP contribution is 2.32. The maximum Gasteiger partial charge on any atom is 0.422 e. The van der Waals surface area contributed by atoms with Crippen LogP contribution >= 0.6 is 0 Å². The molecule has 0 unspecified atom stereocenters. The number of amides is 1. The molecule has 1 N–H and O–H groups in total. The molecule has 0 spiro atoms. The van der Waals surface area contributed by atoms with Gasteiger partial charge in [0, 0.05) is 13.1 Å². The second-order valence-corrected chi connectivity index (χ2v) is 9.47. The van der Waals surface area contributed by atoms with Crippen LogP contribution in [-0.2, 0) is 10.0 Å². The summed E-state index contributed by atoms with van der Waals surface area (Å²) in [6, 6.07) is 3.40. The Bertz CT molecular complexity index is 1060.